The van der Waals surface area contributed by atoms with E-state index >= 15 is 0 Å². The van der Waals surface area contributed by atoms with Gasteiger partial charge in [-0.3, -0.25) is 4.79 Å². The van der Waals surface area contributed by atoms with Crippen molar-refractivity contribution in [2.45, 2.75) is 39.7 Å². The van der Waals surface area contributed by atoms with E-state index in [0.29, 0.717) is 11.3 Å². The van der Waals surface area contributed by atoms with Crippen LogP contribution in [0.15, 0.2) is 24.3 Å². The van der Waals surface area contributed by atoms with Gasteiger partial charge < -0.3 is 10.2 Å². The van der Waals surface area contributed by atoms with Gasteiger partial charge in [0.15, 0.2) is 0 Å². The molecule has 0 aromatic heterocycles. The molecule has 1 spiro atoms. The van der Waals surface area contributed by atoms with E-state index < -0.39 is 0 Å². The lowest BCUT2D eigenvalue weighted by molar-refractivity contribution is -0.134. The van der Waals surface area contributed by atoms with Crippen molar-refractivity contribution in [3.05, 3.63) is 35.4 Å². The summed E-state index contributed by atoms with van der Waals surface area (Å²) in [6.45, 7) is 7.93. The predicted molar refractivity (Wildman–Crippen MR) is 92.2 cm³/mol. The lowest BCUT2D eigenvalue weighted by Gasteiger charge is -2.26. The molecule has 1 saturated carbocycles. The molecular weight excluding hydrogens is 296 g/mol. The van der Waals surface area contributed by atoms with Crippen LogP contribution in [-0.4, -0.2) is 30.4 Å². The Morgan fingerprint density at radius 2 is 2.00 bits per heavy atom. The lowest BCUT2D eigenvalue weighted by Crippen LogP contribution is -2.36. The fraction of sp³-hybridized carbons (Fsp3) is 0.611. The maximum Gasteiger partial charge on any atom is 0.226 e. The fourth-order valence-electron chi connectivity index (χ4n) is 3.73. The monoisotopic (exact) mass is 322 g/mol. The molecule has 1 heterocycles. The summed E-state index contributed by atoms with van der Waals surface area (Å²) in [6, 6.07) is 8.38. The van der Waals surface area contributed by atoms with Crippen LogP contribution in [-0.2, 0) is 11.3 Å². The molecule has 1 saturated heterocycles. The molecule has 1 aromatic rings. The van der Waals surface area contributed by atoms with Crippen molar-refractivity contribution >= 4 is 18.3 Å². The Hall–Kier alpha value is -1.06. The van der Waals surface area contributed by atoms with Crippen LogP contribution in [0.5, 0.6) is 0 Å². The standard InChI is InChI=1S/C18H26N2O.ClH/c1-3-20(13-15-7-5-4-6-14(15)2)17(21)16-12-18(16)8-10-19-11-9-18;/h4-7,16,19H,3,8-13H2,1-2H3;1H. The van der Waals surface area contributed by atoms with Crippen LogP contribution in [0.25, 0.3) is 0 Å². The molecule has 1 N–H and O–H groups in total. The first kappa shape index (κ1) is 17.3. The highest BCUT2D eigenvalue weighted by Gasteiger charge is 2.58. The molecule has 2 fully saturated rings. The number of piperidine rings is 1. The van der Waals surface area contributed by atoms with Crippen LogP contribution in [0.1, 0.15) is 37.3 Å². The lowest BCUT2D eigenvalue weighted by atomic mass is 9.91. The molecule has 0 bridgehead atoms. The third kappa shape index (κ3) is 3.31. The van der Waals surface area contributed by atoms with Gasteiger partial charge in [-0.2, -0.15) is 0 Å². The molecule has 3 nitrogen and oxygen atoms in total. The summed E-state index contributed by atoms with van der Waals surface area (Å²) in [5, 5.41) is 3.41. The van der Waals surface area contributed by atoms with Gasteiger partial charge in [0, 0.05) is 19.0 Å². The molecule has 122 valence electrons. The van der Waals surface area contributed by atoms with Crippen molar-refractivity contribution in [3.63, 3.8) is 0 Å². The van der Waals surface area contributed by atoms with E-state index in [2.05, 4.69) is 43.4 Å². The van der Waals surface area contributed by atoms with Crippen molar-refractivity contribution in [2.24, 2.45) is 11.3 Å². The minimum absolute atomic E-state index is 0. The Balaban J connectivity index is 0.00000176. The number of halogens is 1. The smallest absolute Gasteiger partial charge is 0.226 e. The largest absolute Gasteiger partial charge is 0.338 e. The van der Waals surface area contributed by atoms with E-state index in [1.54, 1.807) is 0 Å². The molecule has 1 atom stereocenters. The van der Waals surface area contributed by atoms with E-state index in [1.807, 2.05) is 4.90 Å². The summed E-state index contributed by atoms with van der Waals surface area (Å²) in [5.41, 5.74) is 2.88. The third-order valence-corrected chi connectivity index (χ3v) is 5.40. The highest BCUT2D eigenvalue weighted by molar-refractivity contribution is 5.85. The van der Waals surface area contributed by atoms with Crippen LogP contribution >= 0.6 is 12.4 Å². The second-order valence-electron chi connectivity index (χ2n) is 6.65. The van der Waals surface area contributed by atoms with Crippen LogP contribution in [0.3, 0.4) is 0 Å². The van der Waals surface area contributed by atoms with Crippen molar-refractivity contribution < 1.29 is 4.79 Å². The Morgan fingerprint density at radius 1 is 1.32 bits per heavy atom. The number of benzene rings is 1. The Bertz CT molecular complexity index is 526. The van der Waals surface area contributed by atoms with Crippen molar-refractivity contribution in [3.8, 4) is 0 Å². The van der Waals surface area contributed by atoms with Crippen LogP contribution < -0.4 is 5.32 Å². The Labute approximate surface area is 139 Å². The molecule has 2 aliphatic rings. The molecule has 1 amide bonds. The number of nitrogens with zero attached hydrogens (tertiary/aromatic N) is 1. The fourth-order valence-corrected chi connectivity index (χ4v) is 3.73. The maximum atomic E-state index is 12.8. The SMILES string of the molecule is CCN(Cc1ccccc1C)C(=O)C1CC12CCNCC2.Cl. The van der Waals surface area contributed by atoms with Gasteiger partial charge in [-0.15, -0.1) is 12.4 Å². The summed E-state index contributed by atoms with van der Waals surface area (Å²) in [6.07, 6.45) is 3.45. The molecule has 0 radical (unpaired) electrons. The molecule has 22 heavy (non-hydrogen) atoms. The maximum absolute atomic E-state index is 12.8. The van der Waals surface area contributed by atoms with Crippen molar-refractivity contribution in [2.75, 3.05) is 19.6 Å². The van der Waals surface area contributed by atoms with Gasteiger partial charge in [-0.05, 0) is 62.7 Å². The van der Waals surface area contributed by atoms with Gasteiger partial charge in [-0.1, -0.05) is 24.3 Å². The van der Waals surface area contributed by atoms with E-state index in [0.717, 1.165) is 32.6 Å². The zero-order valence-electron chi connectivity index (χ0n) is 13.6. The van der Waals surface area contributed by atoms with E-state index in [1.165, 1.54) is 24.0 Å². The number of carbonyl (C=O) groups is 1. The van der Waals surface area contributed by atoms with Gasteiger partial charge in [0.05, 0.1) is 0 Å². The molecule has 1 aliphatic heterocycles. The van der Waals surface area contributed by atoms with E-state index in [9.17, 15) is 4.79 Å². The Morgan fingerprint density at radius 3 is 2.64 bits per heavy atom. The van der Waals surface area contributed by atoms with Gasteiger partial charge in [0.1, 0.15) is 0 Å². The average molecular weight is 323 g/mol. The Kier molecular flexibility index (Phi) is 5.51. The zero-order chi connectivity index (χ0) is 14.9. The van der Waals surface area contributed by atoms with E-state index in [-0.39, 0.29) is 18.3 Å². The van der Waals surface area contributed by atoms with Gasteiger partial charge in [-0.25, -0.2) is 0 Å². The number of aryl methyl sites for hydroxylation is 1. The minimum Gasteiger partial charge on any atom is -0.338 e. The van der Waals surface area contributed by atoms with Crippen LogP contribution in [0, 0.1) is 18.3 Å². The highest BCUT2D eigenvalue weighted by atomic mass is 35.5. The molecule has 1 aliphatic carbocycles. The number of hydrogen-bond donors (Lipinski definition) is 1. The molecular formula is C18H27ClN2O. The van der Waals surface area contributed by atoms with Gasteiger partial charge in [0.25, 0.3) is 0 Å². The second-order valence-corrected chi connectivity index (χ2v) is 6.65. The van der Waals surface area contributed by atoms with E-state index in [4.69, 9.17) is 0 Å². The molecule has 4 heteroatoms. The van der Waals surface area contributed by atoms with Crippen LogP contribution in [0.2, 0.25) is 0 Å². The first-order valence-corrected chi connectivity index (χ1v) is 8.20. The number of nitrogens with one attached hydrogen (secondary N) is 1. The zero-order valence-corrected chi connectivity index (χ0v) is 14.4. The number of amides is 1. The summed E-state index contributed by atoms with van der Waals surface area (Å²) in [7, 11) is 0. The normalized spacial score (nSPS) is 22.0. The summed E-state index contributed by atoms with van der Waals surface area (Å²) >= 11 is 0. The average Bonchev–Trinajstić information content (AvgIpc) is 3.19. The first-order valence-electron chi connectivity index (χ1n) is 8.20. The highest BCUT2D eigenvalue weighted by Crippen LogP contribution is 2.59. The number of hydrogen-bond acceptors (Lipinski definition) is 2. The van der Waals surface area contributed by atoms with Gasteiger partial charge in [0.2, 0.25) is 5.91 Å². The molecule has 1 aromatic carbocycles. The number of rotatable bonds is 4. The second kappa shape index (κ2) is 7.01. The minimum atomic E-state index is 0. The topological polar surface area (TPSA) is 32.3 Å². The summed E-state index contributed by atoms with van der Waals surface area (Å²) < 4.78 is 0. The first-order chi connectivity index (χ1) is 10.2. The third-order valence-electron chi connectivity index (χ3n) is 5.40. The number of carbonyl (C=O) groups excluding carboxylic acids is 1. The van der Waals surface area contributed by atoms with Gasteiger partial charge >= 0.3 is 0 Å². The van der Waals surface area contributed by atoms with Crippen molar-refractivity contribution in [1.82, 2.24) is 10.2 Å². The quantitative estimate of drug-likeness (QED) is 0.923. The summed E-state index contributed by atoms with van der Waals surface area (Å²) in [5.74, 6) is 0.659. The molecule has 3 rings (SSSR count). The predicted octanol–water partition coefficient (Wildman–Crippen LogP) is 3.16. The summed E-state index contributed by atoms with van der Waals surface area (Å²) in [4.78, 5) is 14.9. The molecule has 1 unspecified atom stereocenters. The van der Waals surface area contributed by atoms with Crippen LogP contribution in [0.4, 0.5) is 0 Å². The van der Waals surface area contributed by atoms with Crippen molar-refractivity contribution in [1.29, 1.82) is 0 Å².